The quantitative estimate of drug-likeness (QED) is 0.914. The topological polar surface area (TPSA) is 74.7 Å². The summed E-state index contributed by atoms with van der Waals surface area (Å²) in [6.45, 7) is -0.00164. The molecule has 0 saturated carbocycles. The maximum Gasteiger partial charge on any atom is 0.345 e. The van der Waals surface area contributed by atoms with Crippen molar-refractivity contribution in [3.8, 4) is 0 Å². The molecule has 0 atom stereocenters. The number of sulfonamides is 1. The molecule has 21 heavy (non-hydrogen) atoms. The predicted molar refractivity (Wildman–Crippen MR) is 76.3 cm³/mol. The zero-order valence-electron chi connectivity index (χ0n) is 11.0. The first-order valence-electron chi connectivity index (χ1n) is 5.83. The maximum absolute atomic E-state index is 13.1. The van der Waals surface area contributed by atoms with Gasteiger partial charge in [-0.15, -0.1) is 11.3 Å². The Morgan fingerprint density at radius 3 is 2.67 bits per heavy atom. The normalized spacial score (nSPS) is 11.8. The van der Waals surface area contributed by atoms with E-state index in [1.807, 2.05) is 0 Å². The number of hydrogen-bond acceptors (Lipinski definition) is 4. The van der Waals surface area contributed by atoms with Gasteiger partial charge in [-0.3, -0.25) is 0 Å². The minimum Gasteiger partial charge on any atom is -0.477 e. The average Bonchev–Trinajstić information content (AvgIpc) is 2.89. The van der Waals surface area contributed by atoms with E-state index in [0.717, 1.165) is 21.7 Å². The summed E-state index contributed by atoms with van der Waals surface area (Å²) in [6, 6.07) is 6.76. The standard InChI is InChI=1S/C13H12FNO4S2/c1-15(7-9-3-2-4-10(14)5-9)21(18,19)11-6-12(13(16)17)20-8-11/h2-6,8H,7H2,1H3,(H,16,17). The smallest absolute Gasteiger partial charge is 0.345 e. The van der Waals surface area contributed by atoms with Crippen LogP contribution in [0.25, 0.3) is 0 Å². The van der Waals surface area contributed by atoms with E-state index in [1.54, 1.807) is 6.07 Å². The molecular weight excluding hydrogens is 317 g/mol. The Balaban J connectivity index is 2.23. The molecule has 2 aromatic rings. The van der Waals surface area contributed by atoms with Gasteiger partial charge in [0.05, 0.1) is 4.90 Å². The van der Waals surface area contributed by atoms with Crippen LogP contribution in [-0.4, -0.2) is 30.8 Å². The fraction of sp³-hybridized carbons (Fsp3) is 0.154. The van der Waals surface area contributed by atoms with Gasteiger partial charge in [0.2, 0.25) is 10.0 Å². The summed E-state index contributed by atoms with van der Waals surface area (Å²) in [7, 11) is -2.45. The van der Waals surface area contributed by atoms with Gasteiger partial charge >= 0.3 is 5.97 Å². The molecular formula is C13H12FNO4S2. The van der Waals surface area contributed by atoms with Crippen molar-refractivity contribution in [3.63, 3.8) is 0 Å². The van der Waals surface area contributed by atoms with Crippen LogP contribution in [0.4, 0.5) is 4.39 Å². The number of benzene rings is 1. The highest BCUT2D eigenvalue weighted by atomic mass is 32.2. The highest BCUT2D eigenvalue weighted by Crippen LogP contribution is 2.23. The number of aromatic carboxylic acids is 1. The number of carboxylic acids is 1. The third-order valence-electron chi connectivity index (χ3n) is 2.79. The van der Waals surface area contributed by atoms with Crippen LogP contribution in [0, 0.1) is 5.82 Å². The average molecular weight is 329 g/mol. The third-order valence-corrected chi connectivity index (χ3v) is 5.64. The molecule has 0 radical (unpaired) electrons. The minimum absolute atomic E-state index is 0.00164. The molecule has 0 saturated heterocycles. The Bertz CT molecular complexity index is 770. The van der Waals surface area contributed by atoms with Crippen molar-refractivity contribution in [2.24, 2.45) is 0 Å². The summed E-state index contributed by atoms with van der Waals surface area (Å²) in [5.74, 6) is -1.61. The molecule has 1 aromatic carbocycles. The molecule has 1 N–H and O–H groups in total. The van der Waals surface area contributed by atoms with Crippen LogP contribution in [0.1, 0.15) is 15.2 Å². The van der Waals surface area contributed by atoms with E-state index >= 15 is 0 Å². The van der Waals surface area contributed by atoms with E-state index < -0.39 is 21.8 Å². The third kappa shape index (κ3) is 3.46. The first-order valence-corrected chi connectivity index (χ1v) is 8.15. The fourth-order valence-corrected chi connectivity index (χ4v) is 3.98. The Morgan fingerprint density at radius 1 is 1.38 bits per heavy atom. The molecule has 5 nitrogen and oxygen atoms in total. The molecule has 0 fully saturated rings. The van der Waals surface area contributed by atoms with Crippen LogP contribution < -0.4 is 0 Å². The summed E-state index contributed by atoms with van der Waals surface area (Å²) in [5, 5.41) is 10.1. The highest BCUT2D eigenvalue weighted by Gasteiger charge is 2.23. The monoisotopic (exact) mass is 329 g/mol. The van der Waals surface area contributed by atoms with E-state index in [4.69, 9.17) is 5.11 Å². The SMILES string of the molecule is CN(Cc1cccc(F)c1)S(=O)(=O)c1csc(C(=O)O)c1. The number of halogens is 1. The van der Waals surface area contributed by atoms with Gasteiger partial charge in [0.1, 0.15) is 10.7 Å². The summed E-state index contributed by atoms with van der Waals surface area (Å²) in [6.07, 6.45) is 0. The molecule has 0 aliphatic rings. The van der Waals surface area contributed by atoms with Gasteiger partial charge in [-0.25, -0.2) is 17.6 Å². The van der Waals surface area contributed by atoms with E-state index in [-0.39, 0.29) is 16.3 Å². The second-order valence-electron chi connectivity index (χ2n) is 4.34. The largest absolute Gasteiger partial charge is 0.477 e. The summed E-state index contributed by atoms with van der Waals surface area (Å²) in [5.41, 5.74) is 0.509. The number of carbonyl (C=O) groups is 1. The lowest BCUT2D eigenvalue weighted by Crippen LogP contribution is -2.26. The van der Waals surface area contributed by atoms with Crippen molar-refractivity contribution in [2.75, 3.05) is 7.05 Å². The predicted octanol–water partition coefficient (Wildman–Crippen LogP) is 2.41. The molecule has 0 spiro atoms. The van der Waals surface area contributed by atoms with Gasteiger partial charge in [0, 0.05) is 19.0 Å². The molecule has 112 valence electrons. The van der Waals surface area contributed by atoms with Crippen molar-refractivity contribution in [1.82, 2.24) is 4.31 Å². The van der Waals surface area contributed by atoms with Gasteiger partial charge < -0.3 is 5.11 Å². The summed E-state index contributed by atoms with van der Waals surface area (Å²) >= 11 is 0.845. The van der Waals surface area contributed by atoms with E-state index in [2.05, 4.69) is 0 Å². The Kier molecular flexibility index (Phi) is 4.40. The van der Waals surface area contributed by atoms with Gasteiger partial charge in [-0.05, 0) is 23.8 Å². The highest BCUT2D eigenvalue weighted by molar-refractivity contribution is 7.89. The van der Waals surface area contributed by atoms with Gasteiger partial charge in [-0.2, -0.15) is 4.31 Å². The van der Waals surface area contributed by atoms with Gasteiger partial charge in [0.15, 0.2) is 0 Å². The second kappa shape index (κ2) is 5.92. The van der Waals surface area contributed by atoms with E-state index in [0.29, 0.717) is 5.56 Å². The fourth-order valence-electron chi connectivity index (χ4n) is 1.72. The molecule has 0 bridgehead atoms. The Labute approximate surface area is 125 Å². The number of rotatable bonds is 5. The zero-order chi connectivity index (χ0) is 15.6. The number of thiophene rings is 1. The molecule has 0 aliphatic heterocycles. The van der Waals surface area contributed by atoms with Crippen molar-refractivity contribution in [1.29, 1.82) is 0 Å². The van der Waals surface area contributed by atoms with Crippen LogP contribution in [-0.2, 0) is 16.6 Å². The second-order valence-corrected chi connectivity index (χ2v) is 7.30. The molecule has 0 unspecified atom stereocenters. The van der Waals surface area contributed by atoms with Crippen molar-refractivity contribution in [2.45, 2.75) is 11.4 Å². The minimum atomic E-state index is -3.80. The van der Waals surface area contributed by atoms with E-state index in [9.17, 15) is 17.6 Å². The van der Waals surface area contributed by atoms with Gasteiger partial charge in [0.25, 0.3) is 0 Å². The first-order chi connectivity index (χ1) is 9.80. The van der Waals surface area contributed by atoms with Crippen LogP contribution in [0.5, 0.6) is 0 Å². The van der Waals surface area contributed by atoms with E-state index in [1.165, 1.54) is 30.6 Å². The lowest BCUT2D eigenvalue weighted by molar-refractivity contribution is 0.0702. The molecule has 1 aromatic heterocycles. The first kappa shape index (κ1) is 15.6. The molecule has 2 rings (SSSR count). The number of hydrogen-bond donors (Lipinski definition) is 1. The summed E-state index contributed by atoms with van der Waals surface area (Å²) < 4.78 is 38.8. The van der Waals surface area contributed by atoms with Crippen molar-refractivity contribution < 1.29 is 22.7 Å². The number of carboxylic acid groups (broad SMARTS) is 1. The molecule has 8 heteroatoms. The Morgan fingerprint density at radius 2 is 2.10 bits per heavy atom. The van der Waals surface area contributed by atoms with Crippen molar-refractivity contribution in [3.05, 3.63) is 52.0 Å². The van der Waals surface area contributed by atoms with Crippen LogP contribution >= 0.6 is 11.3 Å². The lowest BCUT2D eigenvalue weighted by atomic mass is 10.2. The molecule has 1 heterocycles. The molecule has 0 aliphatic carbocycles. The van der Waals surface area contributed by atoms with Crippen LogP contribution in [0.2, 0.25) is 0 Å². The lowest BCUT2D eigenvalue weighted by Gasteiger charge is -2.16. The van der Waals surface area contributed by atoms with Gasteiger partial charge in [-0.1, -0.05) is 12.1 Å². The Hall–Kier alpha value is -1.77. The maximum atomic E-state index is 13.1. The van der Waals surface area contributed by atoms with Crippen LogP contribution in [0.15, 0.2) is 40.6 Å². The van der Waals surface area contributed by atoms with Crippen molar-refractivity contribution >= 4 is 27.3 Å². The zero-order valence-corrected chi connectivity index (χ0v) is 12.6. The number of nitrogens with zero attached hydrogens (tertiary/aromatic N) is 1. The summed E-state index contributed by atoms with van der Waals surface area (Å²) in [4.78, 5) is 10.7. The van der Waals surface area contributed by atoms with Crippen LogP contribution in [0.3, 0.4) is 0 Å². The molecule has 0 amide bonds.